The van der Waals surface area contributed by atoms with Crippen molar-refractivity contribution in [1.29, 1.82) is 0 Å². The summed E-state index contributed by atoms with van der Waals surface area (Å²) in [5, 5.41) is 2.61. The Morgan fingerprint density at radius 2 is 1.60 bits per heavy atom. The van der Waals surface area contributed by atoms with Crippen LogP contribution in [0.4, 0.5) is 15.8 Å². The number of rotatable bonds is 8. The molecule has 6 nitrogen and oxygen atoms in total. The van der Waals surface area contributed by atoms with Crippen molar-refractivity contribution >= 4 is 27.3 Å². The second-order valence-corrected chi connectivity index (χ2v) is 8.47. The molecule has 0 fully saturated rings. The first kappa shape index (κ1) is 21.3. The molecule has 0 saturated heterocycles. The Labute approximate surface area is 175 Å². The van der Waals surface area contributed by atoms with Gasteiger partial charge in [0.15, 0.2) is 0 Å². The molecule has 3 aromatic rings. The minimum atomic E-state index is -3.86. The van der Waals surface area contributed by atoms with Crippen molar-refractivity contribution in [1.82, 2.24) is 0 Å². The molecule has 0 aliphatic carbocycles. The van der Waals surface area contributed by atoms with Crippen LogP contribution in [0.1, 0.15) is 5.56 Å². The molecule has 3 aromatic carbocycles. The number of sulfonamides is 1. The number of benzene rings is 3. The average Bonchev–Trinajstić information content (AvgIpc) is 2.72. The number of ether oxygens (including phenoxy) is 1. The number of anilines is 2. The quantitative estimate of drug-likeness (QED) is 0.592. The summed E-state index contributed by atoms with van der Waals surface area (Å²) >= 11 is 0. The summed E-state index contributed by atoms with van der Waals surface area (Å²) in [6.45, 7) is -0.134. The molecule has 0 radical (unpaired) electrons. The molecule has 3 rings (SSSR count). The van der Waals surface area contributed by atoms with Crippen LogP contribution >= 0.6 is 0 Å². The van der Waals surface area contributed by atoms with Crippen LogP contribution in [0.15, 0.2) is 78.9 Å². The maximum atomic E-state index is 14.0. The van der Waals surface area contributed by atoms with Gasteiger partial charge in [0.2, 0.25) is 15.9 Å². The van der Waals surface area contributed by atoms with Gasteiger partial charge in [-0.25, -0.2) is 12.8 Å². The lowest BCUT2D eigenvalue weighted by Crippen LogP contribution is -2.38. The lowest BCUT2D eigenvalue weighted by Gasteiger charge is -2.22. The molecule has 1 N–H and O–H groups in total. The molecule has 0 unspecified atom stereocenters. The molecule has 156 valence electrons. The molecule has 0 bridgehead atoms. The minimum absolute atomic E-state index is 0.181. The van der Waals surface area contributed by atoms with E-state index < -0.39 is 28.3 Å². The van der Waals surface area contributed by atoms with Gasteiger partial charge in [0.05, 0.1) is 11.9 Å². The Balaban J connectivity index is 1.62. The first-order valence-electron chi connectivity index (χ1n) is 9.12. The summed E-state index contributed by atoms with van der Waals surface area (Å²) in [5.41, 5.74) is 1.32. The zero-order chi connectivity index (χ0) is 21.6. The molecular formula is C22H21FN2O4S. The van der Waals surface area contributed by atoms with Crippen molar-refractivity contribution in [2.75, 3.05) is 22.4 Å². The molecule has 30 heavy (non-hydrogen) atoms. The third-order valence-electron chi connectivity index (χ3n) is 4.20. The highest BCUT2D eigenvalue weighted by molar-refractivity contribution is 7.92. The molecule has 0 heterocycles. The minimum Gasteiger partial charge on any atom is -0.489 e. The summed E-state index contributed by atoms with van der Waals surface area (Å²) in [7, 11) is -3.86. The molecule has 1 amide bonds. The number of amides is 1. The normalized spacial score (nSPS) is 11.0. The van der Waals surface area contributed by atoms with Gasteiger partial charge in [-0.15, -0.1) is 0 Å². The van der Waals surface area contributed by atoms with E-state index >= 15 is 0 Å². The highest BCUT2D eigenvalue weighted by Gasteiger charge is 2.23. The zero-order valence-corrected chi connectivity index (χ0v) is 17.1. The van der Waals surface area contributed by atoms with Crippen LogP contribution in [0.5, 0.6) is 5.75 Å². The summed E-state index contributed by atoms with van der Waals surface area (Å²) in [6.07, 6.45) is 0.922. The van der Waals surface area contributed by atoms with Crippen LogP contribution in [-0.4, -0.2) is 27.1 Å². The maximum Gasteiger partial charge on any atom is 0.245 e. The lowest BCUT2D eigenvalue weighted by molar-refractivity contribution is -0.114. The Morgan fingerprint density at radius 3 is 2.23 bits per heavy atom. The predicted molar refractivity (Wildman–Crippen MR) is 114 cm³/mol. The Morgan fingerprint density at radius 1 is 0.967 bits per heavy atom. The molecule has 0 aromatic heterocycles. The number of carbonyl (C=O) groups is 1. The van der Waals surface area contributed by atoms with Crippen LogP contribution in [0.3, 0.4) is 0 Å². The standard InChI is InChI=1S/C22H21FN2O4S/c1-30(27,28)25(21-10-6-5-9-20(21)23)15-22(26)24-18-11-13-19(14-12-18)29-16-17-7-3-2-4-8-17/h2-14H,15-16H2,1H3,(H,24,26). The van der Waals surface area contributed by atoms with E-state index in [0.29, 0.717) is 18.0 Å². The number of nitrogens with one attached hydrogen (secondary N) is 1. The van der Waals surface area contributed by atoms with Gasteiger partial charge in [0, 0.05) is 5.69 Å². The zero-order valence-electron chi connectivity index (χ0n) is 16.3. The van der Waals surface area contributed by atoms with Crippen molar-refractivity contribution in [2.45, 2.75) is 6.61 Å². The van der Waals surface area contributed by atoms with Gasteiger partial charge < -0.3 is 10.1 Å². The maximum absolute atomic E-state index is 14.0. The summed E-state index contributed by atoms with van der Waals surface area (Å²) in [6, 6.07) is 21.8. The average molecular weight is 428 g/mol. The predicted octanol–water partition coefficient (Wildman–Crippen LogP) is 3.81. The second kappa shape index (κ2) is 9.41. The molecule has 0 saturated carbocycles. The number of halogens is 1. The summed E-state index contributed by atoms with van der Waals surface area (Å²) in [4.78, 5) is 12.4. The fourth-order valence-corrected chi connectivity index (χ4v) is 3.60. The molecule has 0 aliphatic heterocycles. The van der Waals surface area contributed by atoms with Crippen LogP contribution in [0, 0.1) is 5.82 Å². The van der Waals surface area contributed by atoms with Gasteiger partial charge in [-0.2, -0.15) is 0 Å². The number of para-hydroxylation sites is 1. The molecule has 0 atom stereocenters. The van der Waals surface area contributed by atoms with Crippen LogP contribution < -0.4 is 14.4 Å². The topological polar surface area (TPSA) is 75.7 Å². The number of hydrogen-bond donors (Lipinski definition) is 1. The van der Waals surface area contributed by atoms with E-state index in [1.165, 1.54) is 18.2 Å². The summed E-state index contributed by atoms with van der Waals surface area (Å²) < 4.78 is 44.6. The van der Waals surface area contributed by atoms with Gasteiger partial charge in [0.25, 0.3) is 0 Å². The van der Waals surface area contributed by atoms with E-state index in [0.717, 1.165) is 22.2 Å². The Kier molecular flexibility index (Phi) is 6.68. The molecule has 0 aliphatic rings. The van der Waals surface area contributed by atoms with Crippen LogP contribution in [-0.2, 0) is 21.4 Å². The van der Waals surface area contributed by atoms with Crippen LogP contribution in [0.25, 0.3) is 0 Å². The van der Waals surface area contributed by atoms with Gasteiger partial charge >= 0.3 is 0 Å². The van der Waals surface area contributed by atoms with E-state index in [4.69, 9.17) is 4.74 Å². The lowest BCUT2D eigenvalue weighted by atomic mass is 10.2. The van der Waals surface area contributed by atoms with E-state index in [2.05, 4.69) is 5.32 Å². The smallest absolute Gasteiger partial charge is 0.245 e. The van der Waals surface area contributed by atoms with Gasteiger partial charge in [-0.1, -0.05) is 42.5 Å². The van der Waals surface area contributed by atoms with Crippen molar-refractivity contribution in [2.24, 2.45) is 0 Å². The Hall–Kier alpha value is -3.39. The van der Waals surface area contributed by atoms with E-state index in [1.54, 1.807) is 24.3 Å². The first-order chi connectivity index (χ1) is 14.3. The largest absolute Gasteiger partial charge is 0.489 e. The van der Waals surface area contributed by atoms with Gasteiger partial charge in [-0.3, -0.25) is 9.10 Å². The molecular weight excluding hydrogens is 407 g/mol. The van der Waals surface area contributed by atoms with Gasteiger partial charge in [-0.05, 0) is 42.0 Å². The monoisotopic (exact) mass is 428 g/mol. The highest BCUT2D eigenvalue weighted by atomic mass is 32.2. The van der Waals surface area contributed by atoms with Crippen LogP contribution in [0.2, 0.25) is 0 Å². The van der Waals surface area contributed by atoms with Gasteiger partial charge in [0.1, 0.15) is 24.7 Å². The highest BCUT2D eigenvalue weighted by Crippen LogP contribution is 2.22. The second-order valence-electron chi connectivity index (χ2n) is 6.57. The third kappa shape index (κ3) is 5.81. The van der Waals surface area contributed by atoms with E-state index in [9.17, 15) is 17.6 Å². The molecule has 8 heteroatoms. The molecule has 0 spiro atoms. The SMILES string of the molecule is CS(=O)(=O)N(CC(=O)Nc1ccc(OCc2ccccc2)cc1)c1ccccc1F. The number of hydrogen-bond acceptors (Lipinski definition) is 4. The van der Waals surface area contributed by atoms with Crippen molar-refractivity contribution in [3.63, 3.8) is 0 Å². The fourth-order valence-electron chi connectivity index (χ4n) is 2.74. The first-order valence-corrected chi connectivity index (χ1v) is 11.0. The van der Waals surface area contributed by atoms with Crippen molar-refractivity contribution < 1.29 is 22.3 Å². The summed E-state index contributed by atoms with van der Waals surface area (Å²) in [5.74, 6) is -0.696. The van der Waals surface area contributed by atoms with Crippen molar-refractivity contribution in [3.05, 3.63) is 90.2 Å². The fraction of sp³-hybridized carbons (Fsp3) is 0.136. The van der Waals surface area contributed by atoms with E-state index in [-0.39, 0.29) is 5.69 Å². The number of nitrogens with zero attached hydrogens (tertiary/aromatic N) is 1. The van der Waals surface area contributed by atoms with Crippen molar-refractivity contribution in [3.8, 4) is 5.75 Å². The third-order valence-corrected chi connectivity index (χ3v) is 5.32. The van der Waals surface area contributed by atoms with E-state index in [1.807, 2.05) is 30.3 Å². The number of carbonyl (C=O) groups excluding carboxylic acids is 1. The Bertz CT molecular complexity index is 1100.